The van der Waals surface area contributed by atoms with Crippen molar-refractivity contribution in [3.63, 3.8) is 0 Å². The van der Waals surface area contributed by atoms with E-state index in [0.717, 1.165) is 5.56 Å². The van der Waals surface area contributed by atoms with Crippen LogP contribution in [-0.2, 0) is 16.1 Å². The van der Waals surface area contributed by atoms with Gasteiger partial charge >= 0.3 is 0 Å². The van der Waals surface area contributed by atoms with Gasteiger partial charge in [0.05, 0.1) is 18.7 Å². The number of methoxy groups -OCH3 is 1. The first-order chi connectivity index (χ1) is 18.0. The fraction of sp³-hybridized carbons (Fsp3) is 0.0968. The van der Waals surface area contributed by atoms with Crippen molar-refractivity contribution in [3.05, 3.63) is 131 Å². The number of carbonyl (C=O) groups is 2. The number of ketones is 1. The Morgan fingerprint density at radius 1 is 0.784 bits per heavy atom. The average Bonchev–Trinajstić information content (AvgIpc) is 3.19. The van der Waals surface area contributed by atoms with E-state index in [1.807, 2.05) is 78.9 Å². The normalized spacial score (nSPS) is 16.6. The molecule has 0 radical (unpaired) electrons. The van der Waals surface area contributed by atoms with E-state index in [0.29, 0.717) is 28.4 Å². The molecule has 0 aromatic heterocycles. The topological polar surface area (TPSA) is 76.1 Å². The van der Waals surface area contributed by atoms with Gasteiger partial charge in [0, 0.05) is 12.1 Å². The zero-order valence-corrected chi connectivity index (χ0v) is 20.2. The standard InChI is InChI=1S/C31H25NO5/c1-36-24-17-15-22(16-18-24)29(33)27-28(32(31(35)30(27)34)20-21-9-4-2-5-10-21)23-11-8-14-26(19-23)37-25-12-6-3-7-13-25/h2-19,28,33H,20H2,1H3. The molecule has 1 unspecified atom stereocenters. The molecule has 0 spiro atoms. The quantitative estimate of drug-likeness (QED) is 0.192. The molecule has 1 aliphatic heterocycles. The van der Waals surface area contributed by atoms with Crippen LogP contribution in [0, 0.1) is 0 Å². The molecule has 1 heterocycles. The molecule has 184 valence electrons. The minimum atomic E-state index is -0.804. The Labute approximate surface area is 215 Å². The zero-order chi connectivity index (χ0) is 25.8. The molecule has 0 saturated carbocycles. The Kier molecular flexibility index (Phi) is 6.72. The average molecular weight is 492 g/mol. The molecule has 37 heavy (non-hydrogen) atoms. The van der Waals surface area contributed by atoms with Crippen molar-refractivity contribution in [2.75, 3.05) is 7.11 Å². The third-order valence-electron chi connectivity index (χ3n) is 6.25. The highest BCUT2D eigenvalue weighted by molar-refractivity contribution is 6.46. The number of rotatable bonds is 7. The summed E-state index contributed by atoms with van der Waals surface area (Å²) >= 11 is 0. The maximum atomic E-state index is 13.3. The maximum Gasteiger partial charge on any atom is 0.295 e. The second kappa shape index (κ2) is 10.4. The lowest BCUT2D eigenvalue weighted by Crippen LogP contribution is -2.29. The predicted octanol–water partition coefficient (Wildman–Crippen LogP) is 6.11. The molecule has 4 aromatic carbocycles. The first kappa shape index (κ1) is 23.9. The Morgan fingerprint density at radius 3 is 2.11 bits per heavy atom. The summed E-state index contributed by atoms with van der Waals surface area (Å²) in [6.07, 6.45) is 0. The molecule has 1 fully saturated rings. The smallest absolute Gasteiger partial charge is 0.295 e. The summed E-state index contributed by atoms with van der Waals surface area (Å²) < 4.78 is 11.2. The van der Waals surface area contributed by atoms with E-state index in [1.54, 1.807) is 37.4 Å². The lowest BCUT2D eigenvalue weighted by atomic mass is 9.95. The number of hydrogen-bond donors (Lipinski definition) is 1. The number of aliphatic hydroxyl groups is 1. The SMILES string of the molecule is COc1ccc(C(O)=C2C(=O)C(=O)N(Cc3ccccc3)C2c2cccc(Oc3ccccc3)c2)cc1. The van der Waals surface area contributed by atoms with E-state index in [-0.39, 0.29) is 17.9 Å². The van der Waals surface area contributed by atoms with Crippen LogP contribution >= 0.6 is 0 Å². The summed E-state index contributed by atoms with van der Waals surface area (Å²) in [6.45, 7) is 0.208. The van der Waals surface area contributed by atoms with Gasteiger partial charge in [0.15, 0.2) is 0 Å². The number of para-hydroxylation sites is 1. The fourth-order valence-electron chi connectivity index (χ4n) is 4.45. The van der Waals surface area contributed by atoms with Crippen molar-refractivity contribution in [1.82, 2.24) is 4.90 Å². The monoisotopic (exact) mass is 491 g/mol. The third-order valence-corrected chi connectivity index (χ3v) is 6.25. The Balaban J connectivity index is 1.60. The molecule has 0 bridgehead atoms. The van der Waals surface area contributed by atoms with E-state index < -0.39 is 17.7 Å². The minimum Gasteiger partial charge on any atom is -0.507 e. The Bertz CT molecular complexity index is 1450. The van der Waals surface area contributed by atoms with E-state index in [9.17, 15) is 14.7 Å². The van der Waals surface area contributed by atoms with Crippen LogP contribution in [0.5, 0.6) is 17.2 Å². The van der Waals surface area contributed by atoms with Gasteiger partial charge in [0.25, 0.3) is 11.7 Å². The maximum absolute atomic E-state index is 13.3. The molecule has 1 aliphatic rings. The number of Topliss-reactive ketones (excluding diaryl/α,β-unsaturated/α-hetero) is 1. The van der Waals surface area contributed by atoms with Crippen molar-refractivity contribution in [3.8, 4) is 17.2 Å². The summed E-state index contributed by atoms with van der Waals surface area (Å²) in [5.74, 6) is 0.191. The van der Waals surface area contributed by atoms with Gasteiger partial charge in [-0.15, -0.1) is 0 Å². The number of benzene rings is 4. The molecule has 1 amide bonds. The number of hydrogen-bond acceptors (Lipinski definition) is 5. The number of amides is 1. The van der Waals surface area contributed by atoms with Gasteiger partial charge in [0.1, 0.15) is 23.0 Å². The summed E-state index contributed by atoms with van der Waals surface area (Å²) in [4.78, 5) is 28.1. The molecular weight excluding hydrogens is 466 g/mol. The van der Waals surface area contributed by atoms with Crippen molar-refractivity contribution in [2.24, 2.45) is 0 Å². The molecule has 6 heteroatoms. The third kappa shape index (κ3) is 4.95. The number of likely N-dealkylation sites (tertiary alicyclic amines) is 1. The minimum absolute atomic E-state index is 0.0305. The van der Waals surface area contributed by atoms with Crippen LogP contribution in [0.25, 0.3) is 5.76 Å². The summed E-state index contributed by atoms with van der Waals surface area (Å²) in [6, 6.07) is 31.9. The first-order valence-corrected chi connectivity index (χ1v) is 11.8. The van der Waals surface area contributed by atoms with Gasteiger partial charge in [-0.3, -0.25) is 9.59 Å². The largest absolute Gasteiger partial charge is 0.507 e. The lowest BCUT2D eigenvalue weighted by molar-refractivity contribution is -0.140. The van der Waals surface area contributed by atoms with Crippen LogP contribution < -0.4 is 9.47 Å². The summed E-state index contributed by atoms with van der Waals surface area (Å²) in [5, 5.41) is 11.3. The van der Waals surface area contributed by atoms with Gasteiger partial charge in [-0.25, -0.2) is 0 Å². The lowest BCUT2D eigenvalue weighted by Gasteiger charge is -2.26. The molecule has 5 rings (SSSR count). The molecule has 1 N–H and O–H groups in total. The second-order valence-corrected chi connectivity index (χ2v) is 8.63. The van der Waals surface area contributed by atoms with Crippen LogP contribution in [0.1, 0.15) is 22.7 Å². The second-order valence-electron chi connectivity index (χ2n) is 8.63. The number of ether oxygens (including phenoxy) is 2. The van der Waals surface area contributed by atoms with Crippen molar-refractivity contribution >= 4 is 17.4 Å². The number of aliphatic hydroxyl groups excluding tert-OH is 1. The van der Waals surface area contributed by atoms with Gasteiger partial charge in [-0.2, -0.15) is 0 Å². The molecule has 6 nitrogen and oxygen atoms in total. The van der Waals surface area contributed by atoms with Gasteiger partial charge in [-0.1, -0.05) is 60.7 Å². The zero-order valence-electron chi connectivity index (χ0n) is 20.2. The molecular formula is C31H25NO5. The van der Waals surface area contributed by atoms with Gasteiger partial charge in [0.2, 0.25) is 0 Å². The van der Waals surface area contributed by atoms with E-state index in [2.05, 4.69) is 0 Å². The number of carbonyl (C=O) groups excluding carboxylic acids is 2. The Hall–Kier alpha value is -4.84. The van der Waals surface area contributed by atoms with Crippen molar-refractivity contribution < 1.29 is 24.2 Å². The number of nitrogens with zero attached hydrogens (tertiary/aromatic N) is 1. The molecule has 1 saturated heterocycles. The van der Waals surface area contributed by atoms with E-state index in [1.165, 1.54) is 4.90 Å². The highest BCUT2D eigenvalue weighted by Gasteiger charge is 2.46. The highest BCUT2D eigenvalue weighted by Crippen LogP contribution is 2.41. The summed E-state index contributed by atoms with van der Waals surface area (Å²) in [7, 11) is 1.55. The van der Waals surface area contributed by atoms with E-state index >= 15 is 0 Å². The fourth-order valence-corrected chi connectivity index (χ4v) is 4.45. The van der Waals surface area contributed by atoms with Crippen LogP contribution in [0.4, 0.5) is 0 Å². The predicted molar refractivity (Wildman–Crippen MR) is 140 cm³/mol. The van der Waals surface area contributed by atoms with Crippen LogP contribution in [0.3, 0.4) is 0 Å². The van der Waals surface area contributed by atoms with E-state index in [4.69, 9.17) is 9.47 Å². The first-order valence-electron chi connectivity index (χ1n) is 11.8. The summed E-state index contributed by atoms with van der Waals surface area (Å²) in [5.41, 5.74) is 1.97. The van der Waals surface area contributed by atoms with Gasteiger partial charge in [-0.05, 0) is 59.7 Å². The van der Waals surface area contributed by atoms with Crippen molar-refractivity contribution in [2.45, 2.75) is 12.6 Å². The molecule has 1 atom stereocenters. The van der Waals surface area contributed by atoms with Crippen molar-refractivity contribution in [1.29, 1.82) is 0 Å². The van der Waals surface area contributed by atoms with Crippen LogP contribution in [0.2, 0.25) is 0 Å². The Morgan fingerprint density at radius 2 is 1.43 bits per heavy atom. The molecule has 4 aromatic rings. The molecule has 0 aliphatic carbocycles. The van der Waals surface area contributed by atoms with Gasteiger partial charge < -0.3 is 19.5 Å². The highest BCUT2D eigenvalue weighted by atomic mass is 16.5. The van der Waals surface area contributed by atoms with Crippen LogP contribution in [-0.4, -0.2) is 28.8 Å². The van der Waals surface area contributed by atoms with Crippen LogP contribution in [0.15, 0.2) is 115 Å².